The summed E-state index contributed by atoms with van der Waals surface area (Å²) in [6.07, 6.45) is 0. The number of carbonyl (C=O) groups is 2. The van der Waals surface area contributed by atoms with Gasteiger partial charge in [0.15, 0.2) is 17.2 Å². The molecular weight excluding hydrogens is 242 g/mol. The summed E-state index contributed by atoms with van der Waals surface area (Å²) in [6, 6.07) is 1.69. The topological polar surface area (TPSA) is 141 Å². The molecule has 0 spiro atoms. The van der Waals surface area contributed by atoms with Crippen molar-refractivity contribution in [1.29, 1.82) is 0 Å². The molecular formula is C11H13NO6. The van der Waals surface area contributed by atoms with Crippen LogP contribution in [0.5, 0.6) is 17.2 Å². The van der Waals surface area contributed by atoms with Crippen LogP contribution in [0.1, 0.15) is 17.3 Å². The SMILES string of the molecule is C=C(C)C(N)=O.O=C(O)c1cc(O)c(O)c(O)c1. The largest absolute Gasteiger partial charge is 0.504 e. The highest BCUT2D eigenvalue weighted by Gasteiger charge is 2.11. The average Bonchev–Trinajstić information content (AvgIpc) is 2.25. The van der Waals surface area contributed by atoms with Gasteiger partial charge in [-0.1, -0.05) is 6.58 Å². The van der Waals surface area contributed by atoms with E-state index in [0.717, 1.165) is 12.1 Å². The third-order valence-corrected chi connectivity index (χ3v) is 1.74. The Labute approximate surface area is 102 Å². The van der Waals surface area contributed by atoms with Crippen LogP contribution in [0, 0.1) is 0 Å². The number of benzene rings is 1. The van der Waals surface area contributed by atoms with Gasteiger partial charge >= 0.3 is 5.97 Å². The van der Waals surface area contributed by atoms with Gasteiger partial charge in [-0.15, -0.1) is 0 Å². The lowest BCUT2D eigenvalue weighted by molar-refractivity contribution is -0.114. The van der Waals surface area contributed by atoms with Crippen molar-refractivity contribution in [3.8, 4) is 17.2 Å². The number of primary amides is 1. The predicted octanol–water partition coefficient (Wildman–Crippen LogP) is 0.549. The van der Waals surface area contributed by atoms with Gasteiger partial charge in [0, 0.05) is 5.57 Å². The van der Waals surface area contributed by atoms with Crippen molar-refractivity contribution < 1.29 is 30.0 Å². The molecule has 1 amide bonds. The van der Waals surface area contributed by atoms with Crippen molar-refractivity contribution in [3.05, 3.63) is 29.8 Å². The summed E-state index contributed by atoms with van der Waals surface area (Å²) in [5, 5.41) is 35.0. The Morgan fingerprint density at radius 3 is 1.72 bits per heavy atom. The molecule has 0 aliphatic heterocycles. The minimum Gasteiger partial charge on any atom is -0.504 e. The number of rotatable bonds is 2. The summed E-state index contributed by atoms with van der Waals surface area (Å²) in [5.74, 6) is -3.77. The lowest BCUT2D eigenvalue weighted by Gasteiger charge is -2.01. The summed E-state index contributed by atoms with van der Waals surface area (Å²) in [4.78, 5) is 20.1. The Hall–Kier alpha value is -2.70. The number of aromatic carboxylic acids is 1. The monoisotopic (exact) mass is 255 g/mol. The fraction of sp³-hybridized carbons (Fsp3) is 0.0909. The number of amides is 1. The first-order valence-corrected chi connectivity index (χ1v) is 4.60. The number of phenolic OH excluding ortho intramolecular Hbond substituents is 3. The van der Waals surface area contributed by atoms with E-state index >= 15 is 0 Å². The smallest absolute Gasteiger partial charge is 0.335 e. The molecule has 1 aromatic rings. The van der Waals surface area contributed by atoms with Crippen LogP contribution < -0.4 is 5.73 Å². The normalized spacial score (nSPS) is 8.94. The molecule has 6 N–H and O–H groups in total. The molecule has 18 heavy (non-hydrogen) atoms. The van der Waals surface area contributed by atoms with E-state index in [1.54, 1.807) is 6.92 Å². The Kier molecular flexibility index (Phi) is 5.22. The van der Waals surface area contributed by atoms with Gasteiger partial charge in [-0.25, -0.2) is 4.79 Å². The van der Waals surface area contributed by atoms with Crippen molar-refractivity contribution >= 4 is 11.9 Å². The number of phenols is 3. The molecule has 7 heteroatoms. The van der Waals surface area contributed by atoms with Crippen LogP contribution in [-0.4, -0.2) is 32.3 Å². The first-order chi connectivity index (χ1) is 8.16. The molecule has 0 aromatic heterocycles. The third-order valence-electron chi connectivity index (χ3n) is 1.74. The molecule has 0 atom stereocenters. The van der Waals surface area contributed by atoms with Crippen LogP contribution in [0.2, 0.25) is 0 Å². The number of hydrogen-bond acceptors (Lipinski definition) is 5. The standard InChI is InChI=1S/C7H6O5.C4H7NO/c8-4-1-3(7(11)12)2-5(9)6(4)10;1-3(2)4(5)6/h1-2,8-10H,(H,11,12);1H2,2H3,(H2,5,6). The quantitative estimate of drug-likeness (QED) is 0.386. The molecule has 0 radical (unpaired) electrons. The van der Waals surface area contributed by atoms with Gasteiger partial charge in [0.25, 0.3) is 0 Å². The maximum atomic E-state index is 10.3. The lowest BCUT2D eigenvalue weighted by atomic mass is 10.2. The Balaban J connectivity index is 0.000000411. The second kappa shape index (κ2) is 6.14. The zero-order valence-corrected chi connectivity index (χ0v) is 9.54. The summed E-state index contributed by atoms with van der Waals surface area (Å²) in [6.45, 7) is 4.85. The van der Waals surface area contributed by atoms with Gasteiger partial charge in [-0.3, -0.25) is 4.79 Å². The minimum atomic E-state index is -1.29. The number of aromatic hydroxyl groups is 3. The fourth-order valence-electron chi connectivity index (χ4n) is 0.728. The van der Waals surface area contributed by atoms with Crippen molar-refractivity contribution in [2.24, 2.45) is 5.73 Å². The molecule has 0 bridgehead atoms. The van der Waals surface area contributed by atoms with Crippen LogP contribution >= 0.6 is 0 Å². The van der Waals surface area contributed by atoms with Crippen molar-refractivity contribution in [2.45, 2.75) is 6.92 Å². The predicted molar refractivity (Wildman–Crippen MR) is 62.4 cm³/mol. The molecule has 0 aliphatic rings. The van der Waals surface area contributed by atoms with E-state index in [0.29, 0.717) is 5.57 Å². The van der Waals surface area contributed by atoms with E-state index in [1.165, 1.54) is 0 Å². The van der Waals surface area contributed by atoms with Crippen molar-refractivity contribution in [1.82, 2.24) is 0 Å². The zero-order chi connectivity index (χ0) is 14.5. The van der Waals surface area contributed by atoms with E-state index in [2.05, 4.69) is 6.58 Å². The maximum absolute atomic E-state index is 10.3. The van der Waals surface area contributed by atoms with E-state index in [4.69, 9.17) is 26.2 Å². The van der Waals surface area contributed by atoms with Gasteiger partial charge in [0.05, 0.1) is 5.56 Å². The van der Waals surface area contributed by atoms with Crippen LogP contribution in [-0.2, 0) is 4.79 Å². The van der Waals surface area contributed by atoms with E-state index in [1.807, 2.05) is 0 Å². The Morgan fingerprint density at radius 1 is 1.17 bits per heavy atom. The molecule has 0 saturated heterocycles. The van der Waals surface area contributed by atoms with Gasteiger partial charge in [0.1, 0.15) is 0 Å². The second-order valence-electron chi connectivity index (χ2n) is 3.31. The molecule has 7 nitrogen and oxygen atoms in total. The van der Waals surface area contributed by atoms with E-state index in [9.17, 15) is 9.59 Å². The summed E-state index contributed by atoms with van der Waals surface area (Å²) in [5.41, 5.74) is 4.81. The number of nitrogens with two attached hydrogens (primary N) is 1. The lowest BCUT2D eigenvalue weighted by Crippen LogP contribution is -2.10. The first kappa shape index (κ1) is 15.3. The molecule has 0 aliphatic carbocycles. The average molecular weight is 255 g/mol. The number of hydrogen-bond donors (Lipinski definition) is 5. The summed E-state index contributed by atoms with van der Waals surface area (Å²) >= 11 is 0. The highest BCUT2D eigenvalue weighted by molar-refractivity contribution is 5.90. The van der Waals surface area contributed by atoms with Gasteiger partial charge in [0.2, 0.25) is 5.91 Å². The van der Waals surface area contributed by atoms with E-state index in [-0.39, 0.29) is 5.56 Å². The van der Waals surface area contributed by atoms with E-state index < -0.39 is 29.1 Å². The molecule has 0 fully saturated rings. The molecule has 1 aromatic carbocycles. The molecule has 1 rings (SSSR count). The maximum Gasteiger partial charge on any atom is 0.335 e. The van der Waals surface area contributed by atoms with Crippen LogP contribution in [0.3, 0.4) is 0 Å². The Morgan fingerprint density at radius 2 is 1.50 bits per heavy atom. The summed E-state index contributed by atoms with van der Waals surface area (Å²) in [7, 11) is 0. The van der Waals surface area contributed by atoms with Gasteiger partial charge in [-0.05, 0) is 19.1 Å². The number of carboxylic acids is 1. The van der Waals surface area contributed by atoms with Crippen LogP contribution in [0.15, 0.2) is 24.3 Å². The number of carbonyl (C=O) groups excluding carboxylic acids is 1. The third kappa shape index (κ3) is 4.44. The highest BCUT2D eigenvalue weighted by atomic mass is 16.4. The zero-order valence-electron chi connectivity index (χ0n) is 9.54. The van der Waals surface area contributed by atoms with Crippen LogP contribution in [0.25, 0.3) is 0 Å². The van der Waals surface area contributed by atoms with Gasteiger partial charge < -0.3 is 26.2 Å². The molecule has 0 unspecified atom stereocenters. The highest BCUT2D eigenvalue weighted by Crippen LogP contribution is 2.35. The first-order valence-electron chi connectivity index (χ1n) is 4.60. The molecule has 0 saturated carbocycles. The van der Waals surface area contributed by atoms with Crippen molar-refractivity contribution in [2.75, 3.05) is 0 Å². The fourth-order valence-corrected chi connectivity index (χ4v) is 0.728. The second-order valence-corrected chi connectivity index (χ2v) is 3.31. The summed E-state index contributed by atoms with van der Waals surface area (Å²) < 4.78 is 0. The molecule has 98 valence electrons. The minimum absolute atomic E-state index is 0.289. The molecule has 0 heterocycles. The Bertz CT molecular complexity index is 459. The van der Waals surface area contributed by atoms with Crippen LogP contribution in [0.4, 0.5) is 0 Å². The van der Waals surface area contributed by atoms with Crippen molar-refractivity contribution in [3.63, 3.8) is 0 Å². The number of carboxylic acid groups (broad SMARTS) is 1. The van der Waals surface area contributed by atoms with Gasteiger partial charge in [-0.2, -0.15) is 0 Å².